The molecule has 20 heavy (non-hydrogen) atoms. The third kappa shape index (κ3) is 2.11. The van der Waals surface area contributed by atoms with Gasteiger partial charge in [0.2, 0.25) is 0 Å². The van der Waals surface area contributed by atoms with Crippen LogP contribution in [0.25, 0.3) is 11.4 Å². The molecule has 2 N–H and O–H groups in total. The van der Waals surface area contributed by atoms with Gasteiger partial charge in [0.15, 0.2) is 0 Å². The Kier molecular flexibility index (Phi) is 3.28. The van der Waals surface area contributed by atoms with E-state index in [9.17, 15) is 0 Å². The Labute approximate surface area is 119 Å². The quantitative estimate of drug-likeness (QED) is 0.910. The molecule has 0 atom stereocenters. The van der Waals surface area contributed by atoms with E-state index in [1.54, 1.807) is 0 Å². The lowest BCUT2D eigenvalue weighted by Gasteiger charge is -2.10. The van der Waals surface area contributed by atoms with Crippen molar-refractivity contribution in [3.63, 3.8) is 0 Å². The van der Waals surface area contributed by atoms with Crippen LogP contribution in [0.2, 0.25) is 0 Å². The van der Waals surface area contributed by atoms with Crippen molar-refractivity contribution in [2.45, 2.75) is 58.5 Å². The summed E-state index contributed by atoms with van der Waals surface area (Å²) < 4.78 is 4.38. The lowest BCUT2D eigenvalue weighted by molar-refractivity contribution is 0.646. The molecule has 1 saturated carbocycles. The van der Waals surface area contributed by atoms with Crippen LogP contribution in [0.3, 0.4) is 0 Å². The monoisotopic (exact) mass is 273 g/mol. The molecular formula is C15H23N5. The molecule has 2 aromatic heterocycles. The average Bonchev–Trinajstić information content (AvgIpc) is 3.04. The largest absolute Gasteiger partial charge is 0.383 e. The van der Waals surface area contributed by atoms with Crippen molar-refractivity contribution in [3.05, 3.63) is 18.3 Å². The summed E-state index contributed by atoms with van der Waals surface area (Å²) in [6.07, 6.45) is 7.24. The summed E-state index contributed by atoms with van der Waals surface area (Å²) in [5.41, 5.74) is 8.33. The van der Waals surface area contributed by atoms with E-state index in [0.29, 0.717) is 12.0 Å². The molecule has 5 nitrogen and oxygen atoms in total. The molecule has 1 aliphatic carbocycles. The van der Waals surface area contributed by atoms with Gasteiger partial charge in [-0.3, -0.25) is 0 Å². The molecule has 0 bridgehead atoms. The molecule has 2 heterocycles. The lowest BCUT2D eigenvalue weighted by atomic mass is 10.2. The van der Waals surface area contributed by atoms with E-state index in [-0.39, 0.29) is 0 Å². The fourth-order valence-corrected chi connectivity index (χ4v) is 2.71. The molecule has 1 fully saturated rings. The summed E-state index contributed by atoms with van der Waals surface area (Å²) in [4.78, 5) is 9.09. The summed E-state index contributed by atoms with van der Waals surface area (Å²) in [5, 5.41) is 0. The number of aromatic nitrogens is 4. The number of rotatable bonds is 5. The van der Waals surface area contributed by atoms with Crippen LogP contribution < -0.4 is 5.73 Å². The topological polar surface area (TPSA) is 61.7 Å². The van der Waals surface area contributed by atoms with Gasteiger partial charge in [-0.1, -0.05) is 20.8 Å². The van der Waals surface area contributed by atoms with Crippen molar-refractivity contribution in [3.8, 4) is 11.4 Å². The van der Waals surface area contributed by atoms with Crippen LogP contribution >= 0.6 is 0 Å². The molecule has 0 amide bonds. The third-order valence-electron chi connectivity index (χ3n) is 3.82. The van der Waals surface area contributed by atoms with Gasteiger partial charge >= 0.3 is 0 Å². The maximum absolute atomic E-state index is 6.40. The van der Waals surface area contributed by atoms with Crippen LogP contribution in [-0.2, 0) is 6.54 Å². The number of hydrogen-bond acceptors (Lipinski definition) is 3. The van der Waals surface area contributed by atoms with Gasteiger partial charge in [-0.2, -0.15) is 0 Å². The van der Waals surface area contributed by atoms with Gasteiger partial charge in [-0.05, 0) is 19.3 Å². The van der Waals surface area contributed by atoms with Crippen molar-refractivity contribution in [2.24, 2.45) is 0 Å². The van der Waals surface area contributed by atoms with Crippen LogP contribution in [0, 0.1) is 0 Å². The van der Waals surface area contributed by atoms with Crippen LogP contribution in [0.4, 0.5) is 5.82 Å². The molecule has 108 valence electrons. The highest BCUT2D eigenvalue weighted by molar-refractivity contribution is 5.68. The highest BCUT2D eigenvalue weighted by Gasteiger charge is 2.31. The zero-order valence-electron chi connectivity index (χ0n) is 12.5. The first-order chi connectivity index (χ1) is 9.63. The van der Waals surface area contributed by atoms with Crippen LogP contribution in [0.1, 0.15) is 57.8 Å². The Morgan fingerprint density at radius 2 is 2.15 bits per heavy atom. The number of aryl methyl sites for hydroxylation is 1. The third-order valence-corrected chi connectivity index (χ3v) is 3.82. The second-order valence-electron chi connectivity index (χ2n) is 5.93. The van der Waals surface area contributed by atoms with E-state index < -0.39 is 0 Å². The summed E-state index contributed by atoms with van der Waals surface area (Å²) in [6.45, 7) is 7.46. The van der Waals surface area contributed by atoms with E-state index in [4.69, 9.17) is 10.7 Å². The average molecular weight is 273 g/mol. The number of nitrogens with two attached hydrogens (primary N) is 1. The van der Waals surface area contributed by atoms with Crippen molar-refractivity contribution in [2.75, 3.05) is 5.73 Å². The lowest BCUT2D eigenvalue weighted by Crippen LogP contribution is -2.06. The predicted octanol–water partition coefficient (Wildman–Crippen LogP) is 3.20. The normalized spacial score (nSPS) is 15.2. The standard InChI is InChI=1S/C15H23N5/c1-4-7-19-9-17-8-12(19)13-14(16)20(11-5-6-11)15(18-13)10(2)3/h8-11H,4-7,16H2,1-3H3. The fourth-order valence-electron chi connectivity index (χ4n) is 2.71. The molecule has 2 aromatic rings. The van der Waals surface area contributed by atoms with Crippen molar-refractivity contribution in [1.29, 1.82) is 0 Å². The number of imidazole rings is 2. The van der Waals surface area contributed by atoms with Gasteiger partial charge < -0.3 is 14.9 Å². The molecule has 5 heteroatoms. The number of hydrogen-bond donors (Lipinski definition) is 1. The number of nitrogen functional groups attached to an aromatic ring is 1. The molecule has 0 radical (unpaired) electrons. The first-order valence-electron chi connectivity index (χ1n) is 7.51. The van der Waals surface area contributed by atoms with Crippen LogP contribution in [-0.4, -0.2) is 19.1 Å². The molecule has 1 aliphatic rings. The van der Waals surface area contributed by atoms with Crippen LogP contribution in [0.15, 0.2) is 12.5 Å². The van der Waals surface area contributed by atoms with E-state index in [1.807, 2.05) is 12.5 Å². The van der Waals surface area contributed by atoms with Crippen LogP contribution in [0.5, 0.6) is 0 Å². The van der Waals surface area contributed by atoms with E-state index in [0.717, 1.165) is 36.0 Å². The molecule has 0 saturated heterocycles. The first-order valence-corrected chi connectivity index (χ1v) is 7.51. The highest BCUT2D eigenvalue weighted by atomic mass is 15.2. The molecule has 0 unspecified atom stereocenters. The zero-order chi connectivity index (χ0) is 14.3. The second-order valence-corrected chi connectivity index (χ2v) is 5.93. The summed E-state index contributed by atoms with van der Waals surface area (Å²) >= 11 is 0. The minimum absolute atomic E-state index is 0.384. The first kappa shape index (κ1) is 13.2. The van der Waals surface area contributed by atoms with Crippen molar-refractivity contribution >= 4 is 5.82 Å². The number of nitrogens with zero attached hydrogens (tertiary/aromatic N) is 4. The van der Waals surface area contributed by atoms with Crippen molar-refractivity contribution in [1.82, 2.24) is 19.1 Å². The molecular weight excluding hydrogens is 250 g/mol. The Morgan fingerprint density at radius 1 is 1.40 bits per heavy atom. The molecule has 0 aliphatic heterocycles. The minimum Gasteiger partial charge on any atom is -0.383 e. The van der Waals surface area contributed by atoms with Gasteiger partial charge in [0.1, 0.15) is 17.3 Å². The van der Waals surface area contributed by atoms with Gasteiger partial charge in [0.25, 0.3) is 0 Å². The summed E-state index contributed by atoms with van der Waals surface area (Å²) in [7, 11) is 0. The van der Waals surface area contributed by atoms with Gasteiger partial charge in [-0.25, -0.2) is 9.97 Å². The fraction of sp³-hybridized carbons (Fsp3) is 0.600. The molecule has 0 aromatic carbocycles. The van der Waals surface area contributed by atoms with Gasteiger partial charge in [0, 0.05) is 18.5 Å². The highest BCUT2D eigenvalue weighted by Crippen LogP contribution is 2.42. The van der Waals surface area contributed by atoms with Gasteiger partial charge in [-0.15, -0.1) is 0 Å². The maximum Gasteiger partial charge on any atom is 0.133 e. The molecule has 3 rings (SSSR count). The Bertz CT molecular complexity index is 604. The molecule has 0 spiro atoms. The Hall–Kier alpha value is -1.78. The SMILES string of the molecule is CCCn1cncc1-c1nc(C(C)C)n(C2CC2)c1N. The van der Waals surface area contributed by atoms with Gasteiger partial charge in [0.05, 0.1) is 18.2 Å². The Morgan fingerprint density at radius 3 is 2.75 bits per heavy atom. The Balaban J connectivity index is 2.09. The van der Waals surface area contributed by atoms with E-state index in [2.05, 4.69) is 34.9 Å². The number of anilines is 1. The smallest absolute Gasteiger partial charge is 0.133 e. The zero-order valence-corrected chi connectivity index (χ0v) is 12.5. The van der Waals surface area contributed by atoms with Crippen molar-refractivity contribution < 1.29 is 0 Å². The summed E-state index contributed by atoms with van der Waals surface area (Å²) in [6, 6.07) is 0.552. The van der Waals surface area contributed by atoms with E-state index in [1.165, 1.54) is 12.8 Å². The van der Waals surface area contributed by atoms with E-state index >= 15 is 0 Å². The second kappa shape index (κ2) is 4.96. The maximum atomic E-state index is 6.40. The summed E-state index contributed by atoms with van der Waals surface area (Å²) in [5.74, 6) is 2.28. The predicted molar refractivity (Wildman–Crippen MR) is 80.5 cm³/mol. The minimum atomic E-state index is 0.384.